The van der Waals surface area contributed by atoms with Crippen molar-refractivity contribution in [3.8, 4) is 0 Å². The summed E-state index contributed by atoms with van der Waals surface area (Å²) in [6.45, 7) is 7.45. The predicted molar refractivity (Wildman–Crippen MR) is 55.0 cm³/mol. The van der Waals surface area contributed by atoms with Crippen LogP contribution < -0.4 is 5.32 Å². The van der Waals surface area contributed by atoms with Crippen molar-refractivity contribution < 1.29 is 0 Å². The highest BCUT2D eigenvalue weighted by Gasteiger charge is 2.08. The first-order valence-corrected chi connectivity index (χ1v) is 4.84. The second-order valence-corrected chi connectivity index (χ2v) is 3.61. The Labute approximate surface area is 80.2 Å². The van der Waals surface area contributed by atoms with Crippen molar-refractivity contribution in [2.24, 2.45) is 0 Å². The summed E-state index contributed by atoms with van der Waals surface area (Å²) < 4.78 is 2.29. The van der Waals surface area contributed by atoms with E-state index < -0.39 is 0 Å². The van der Waals surface area contributed by atoms with Gasteiger partial charge in [0.25, 0.3) is 0 Å². The van der Waals surface area contributed by atoms with Gasteiger partial charge in [-0.05, 0) is 27.8 Å². The maximum absolute atomic E-state index is 4.33. The largest absolute Gasteiger partial charge is 0.330 e. The summed E-state index contributed by atoms with van der Waals surface area (Å²) in [7, 11) is 1.98. The number of imidazole rings is 1. The average Bonchev–Trinajstić information content (AvgIpc) is 2.43. The van der Waals surface area contributed by atoms with Gasteiger partial charge in [-0.15, -0.1) is 0 Å². The molecule has 0 amide bonds. The second-order valence-electron chi connectivity index (χ2n) is 3.61. The summed E-state index contributed by atoms with van der Waals surface area (Å²) >= 11 is 0. The van der Waals surface area contributed by atoms with Crippen LogP contribution in [0.3, 0.4) is 0 Å². The van der Waals surface area contributed by atoms with E-state index in [9.17, 15) is 0 Å². The third-order valence-corrected chi connectivity index (χ3v) is 2.21. The third kappa shape index (κ3) is 2.31. The van der Waals surface area contributed by atoms with Gasteiger partial charge < -0.3 is 9.88 Å². The first kappa shape index (κ1) is 10.3. The van der Waals surface area contributed by atoms with Crippen LogP contribution in [0, 0.1) is 6.92 Å². The molecule has 0 saturated carbocycles. The predicted octanol–water partition coefficient (Wildman–Crippen LogP) is 1.53. The summed E-state index contributed by atoms with van der Waals surface area (Å²) in [5.41, 5.74) is 1.32. The van der Waals surface area contributed by atoms with Crippen molar-refractivity contribution >= 4 is 0 Å². The zero-order valence-electron chi connectivity index (χ0n) is 8.96. The molecule has 0 aliphatic carbocycles. The number of nitrogens with one attached hydrogen (secondary N) is 1. The molecule has 1 aromatic rings. The van der Waals surface area contributed by atoms with E-state index in [4.69, 9.17) is 0 Å². The van der Waals surface area contributed by atoms with E-state index in [0.717, 1.165) is 18.8 Å². The van der Waals surface area contributed by atoms with E-state index in [0.29, 0.717) is 6.04 Å². The minimum Gasteiger partial charge on any atom is -0.330 e. The summed E-state index contributed by atoms with van der Waals surface area (Å²) in [5, 5.41) is 3.15. The summed E-state index contributed by atoms with van der Waals surface area (Å²) in [6, 6.07) is 0.509. The monoisotopic (exact) mass is 181 g/mol. The minimum atomic E-state index is 0.509. The van der Waals surface area contributed by atoms with Gasteiger partial charge in [0, 0.05) is 30.9 Å². The zero-order valence-corrected chi connectivity index (χ0v) is 8.96. The maximum Gasteiger partial charge on any atom is 0.105 e. The highest BCUT2D eigenvalue weighted by atomic mass is 15.1. The molecule has 0 fully saturated rings. The van der Waals surface area contributed by atoms with E-state index in [1.54, 1.807) is 0 Å². The lowest BCUT2D eigenvalue weighted by molar-refractivity contribution is 0.553. The number of rotatable bonds is 4. The van der Waals surface area contributed by atoms with E-state index in [-0.39, 0.29) is 0 Å². The second kappa shape index (κ2) is 4.42. The van der Waals surface area contributed by atoms with Crippen LogP contribution in [0.4, 0.5) is 0 Å². The van der Waals surface area contributed by atoms with E-state index in [1.165, 1.54) is 5.69 Å². The zero-order chi connectivity index (χ0) is 9.84. The Balaban J connectivity index is 2.81. The molecular weight excluding hydrogens is 162 g/mol. The number of aryl methyl sites for hydroxylation is 1. The third-order valence-electron chi connectivity index (χ3n) is 2.21. The van der Waals surface area contributed by atoms with Crippen molar-refractivity contribution in [1.29, 1.82) is 0 Å². The SMILES string of the molecule is CNCCc1cnc(C)n1C(C)C. The first-order chi connectivity index (χ1) is 6.16. The van der Waals surface area contributed by atoms with Gasteiger partial charge >= 0.3 is 0 Å². The molecule has 0 radical (unpaired) electrons. The lowest BCUT2D eigenvalue weighted by Gasteiger charge is -2.13. The Kier molecular flexibility index (Phi) is 3.48. The van der Waals surface area contributed by atoms with Crippen LogP contribution in [0.25, 0.3) is 0 Å². The molecule has 0 unspecified atom stereocenters. The lowest BCUT2D eigenvalue weighted by Crippen LogP contribution is -2.14. The average molecular weight is 181 g/mol. The quantitative estimate of drug-likeness (QED) is 0.763. The van der Waals surface area contributed by atoms with Crippen LogP contribution >= 0.6 is 0 Å². The molecular formula is C10H19N3. The van der Waals surface area contributed by atoms with E-state index in [2.05, 4.69) is 35.6 Å². The van der Waals surface area contributed by atoms with Crippen molar-refractivity contribution in [2.45, 2.75) is 33.2 Å². The summed E-state index contributed by atoms with van der Waals surface area (Å²) in [4.78, 5) is 4.33. The van der Waals surface area contributed by atoms with Gasteiger partial charge in [0.05, 0.1) is 0 Å². The summed E-state index contributed by atoms with van der Waals surface area (Å²) in [6.07, 6.45) is 3.03. The van der Waals surface area contributed by atoms with Gasteiger partial charge in [-0.1, -0.05) is 0 Å². The fraction of sp³-hybridized carbons (Fsp3) is 0.700. The molecule has 1 N–H and O–H groups in total. The molecule has 0 saturated heterocycles. The van der Waals surface area contributed by atoms with Gasteiger partial charge in [-0.2, -0.15) is 0 Å². The van der Waals surface area contributed by atoms with Crippen LogP contribution in [-0.4, -0.2) is 23.1 Å². The van der Waals surface area contributed by atoms with Crippen molar-refractivity contribution in [3.63, 3.8) is 0 Å². The molecule has 0 aliphatic rings. The Morgan fingerprint density at radius 1 is 1.54 bits per heavy atom. The molecule has 0 bridgehead atoms. The van der Waals surface area contributed by atoms with Gasteiger partial charge in [-0.25, -0.2) is 4.98 Å². The van der Waals surface area contributed by atoms with Gasteiger partial charge in [-0.3, -0.25) is 0 Å². The molecule has 0 spiro atoms. The van der Waals surface area contributed by atoms with Crippen molar-refractivity contribution in [2.75, 3.05) is 13.6 Å². The fourth-order valence-corrected chi connectivity index (χ4v) is 1.64. The van der Waals surface area contributed by atoms with Crippen LogP contribution in [-0.2, 0) is 6.42 Å². The van der Waals surface area contributed by atoms with Crippen molar-refractivity contribution in [3.05, 3.63) is 17.7 Å². The molecule has 74 valence electrons. The van der Waals surface area contributed by atoms with E-state index >= 15 is 0 Å². The van der Waals surface area contributed by atoms with E-state index in [1.807, 2.05) is 13.2 Å². The van der Waals surface area contributed by atoms with Gasteiger partial charge in [0.1, 0.15) is 5.82 Å². The Hall–Kier alpha value is -0.830. The molecule has 0 aliphatic heterocycles. The maximum atomic E-state index is 4.33. The van der Waals surface area contributed by atoms with Crippen LogP contribution in [0.15, 0.2) is 6.20 Å². The smallest absolute Gasteiger partial charge is 0.105 e. The van der Waals surface area contributed by atoms with Gasteiger partial charge in [0.15, 0.2) is 0 Å². The molecule has 0 aromatic carbocycles. The van der Waals surface area contributed by atoms with Crippen LogP contribution in [0.2, 0.25) is 0 Å². The van der Waals surface area contributed by atoms with Crippen LogP contribution in [0.1, 0.15) is 31.4 Å². The minimum absolute atomic E-state index is 0.509. The Morgan fingerprint density at radius 2 is 2.23 bits per heavy atom. The molecule has 1 aromatic heterocycles. The highest BCUT2D eigenvalue weighted by molar-refractivity contribution is 5.06. The summed E-state index contributed by atoms with van der Waals surface area (Å²) in [5.74, 6) is 1.11. The number of hydrogen-bond acceptors (Lipinski definition) is 2. The molecule has 13 heavy (non-hydrogen) atoms. The fourth-order valence-electron chi connectivity index (χ4n) is 1.64. The highest BCUT2D eigenvalue weighted by Crippen LogP contribution is 2.12. The molecule has 1 heterocycles. The van der Waals surface area contributed by atoms with Crippen LogP contribution in [0.5, 0.6) is 0 Å². The molecule has 3 heteroatoms. The number of likely N-dealkylation sites (N-methyl/N-ethyl adjacent to an activating group) is 1. The van der Waals surface area contributed by atoms with Crippen molar-refractivity contribution in [1.82, 2.24) is 14.9 Å². The normalized spacial score (nSPS) is 11.2. The Morgan fingerprint density at radius 3 is 2.77 bits per heavy atom. The molecule has 0 atom stereocenters. The number of nitrogens with zero attached hydrogens (tertiary/aromatic N) is 2. The standard InChI is InChI=1S/C10H19N3/c1-8(2)13-9(3)12-7-10(13)5-6-11-4/h7-8,11H,5-6H2,1-4H3. The lowest BCUT2D eigenvalue weighted by atomic mass is 10.3. The van der Waals surface area contributed by atoms with Gasteiger partial charge in [0.2, 0.25) is 0 Å². The molecule has 3 nitrogen and oxygen atoms in total. The first-order valence-electron chi connectivity index (χ1n) is 4.84. The topological polar surface area (TPSA) is 29.9 Å². The molecule has 1 rings (SSSR count). The number of aromatic nitrogens is 2. The number of hydrogen-bond donors (Lipinski definition) is 1. The Bertz CT molecular complexity index is 263.